The van der Waals surface area contributed by atoms with Crippen LogP contribution in [-0.4, -0.2) is 48.1 Å². The molecule has 0 saturated heterocycles. The zero-order valence-corrected chi connectivity index (χ0v) is 18.7. The summed E-state index contributed by atoms with van der Waals surface area (Å²) in [5.74, 6) is 0.165. The minimum Gasteiger partial charge on any atom is -0.496 e. The van der Waals surface area contributed by atoms with E-state index in [1.165, 1.54) is 10.7 Å². The van der Waals surface area contributed by atoms with Crippen LogP contribution in [0.4, 0.5) is 5.69 Å². The van der Waals surface area contributed by atoms with E-state index in [9.17, 15) is 9.90 Å². The Balaban J connectivity index is 1.77. The number of carbonyl (C=O) groups excluding carboxylic acids is 1. The maximum Gasteiger partial charge on any atom is 0.261 e. The average molecular weight is 455 g/mol. The van der Waals surface area contributed by atoms with Gasteiger partial charge in [-0.25, -0.2) is 9.50 Å². The van der Waals surface area contributed by atoms with Gasteiger partial charge in [0, 0.05) is 29.2 Å². The number of rotatable bonds is 7. The van der Waals surface area contributed by atoms with Crippen LogP contribution in [0.15, 0.2) is 49.1 Å². The number of aliphatic hydroxyl groups is 1. The van der Waals surface area contributed by atoms with Crippen molar-refractivity contribution in [1.82, 2.24) is 24.4 Å². The largest absolute Gasteiger partial charge is 0.496 e. The highest BCUT2D eigenvalue weighted by molar-refractivity contribution is 6.31. The molecule has 4 rings (SSSR count). The third-order valence-corrected chi connectivity index (χ3v) is 5.45. The number of methoxy groups -OCH3 is 1. The van der Waals surface area contributed by atoms with Gasteiger partial charge in [-0.3, -0.25) is 9.48 Å². The average Bonchev–Trinajstić information content (AvgIpc) is 3.37. The molecule has 0 saturated carbocycles. The van der Waals surface area contributed by atoms with Crippen molar-refractivity contribution >= 4 is 28.8 Å². The molecule has 4 aromatic rings. The van der Waals surface area contributed by atoms with Crippen LogP contribution in [0.5, 0.6) is 5.75 Å². The van der Waals surface area contributed by atoms with E-state index in [1.54, 1.807) is 61.6 Å². The first-order chi connectivity index (χ1) is 15.3. The molecule has 0 spiro atoms. The summed E-state index contributed by atoms with van der Waals surface area (Å²) in [6.45, 7) is 3.87. The number of aromatic nitrogens is 5. The number of nitrogens with zero attached hydrogens (tertiary/aromatic N) is 5. The number of fused-ring (bicyclic) bond motifs is 1. The van der Waals surface area contributed by atoms with Gasteiger partial charge in [-0.2, -0.15) is 10.2 Å². The van der Waals surface area contributed by atoms with Crippen molar-refractivity contribution in [3.8, 4) is 17.0 Å². The lowest BCUT2D eigenvalue weighted by Crippen LogP contribution is -2.29. The molecule has 1 aromatic carbocycles. The first kappa shape index (κ1) is 21.8. The summed E-state index contributed by atoms with van der Waals surface area (Å²) in [5, 5.41) is 22.7. The van der Waals surface area contributed by atoms with E-state index in [0.29, 0.717) is 45.3 Å². The normalized spacial score (nSPS) is 13.2. The van der Waals surface area contributed by atoms with E-state index in [2.05, 4.69) is 20.5 Å². The fraction of sp³-hybridized carbons (Fsp3) is 0.273. The second-order valence-electron chi connectivity index (χ2n) is 7.68. The summed E-state index contributed by atoms with van der Waals surface area (Å²) in [6.07, 6.45) is 6.99. The minimum absolute atomic E-state index is 0.244. The van der Waals surface area contributed by atoms with Crippen molar-refractivity contribution in [3.05, 3.63) is 59.6 Å². The van der Waals surface area contributed by atoms with E-state index in [-0.39, 0.29) is 12.5 Å². The third kappa shape index (κ3) is 4.30. The number of benzene rings is 1. The molecule has 1 amide bonds. The van der Waals surface area contributed by atoms with Gasteiger partial charge in [-0.05, 0) is 37.6 Å². The Bertz CT molecular complexity index is 1280. The highest BCUT2D eigenvalue weighted by Gasteiger charge is 2.24. The predicted octanol–water partition coefficient (Wildman–Crippen LogP) is 3.67. The van der Waals surface area contributed by atoms with Crippen molar-refractivity contribution in [1.29, 1.82) is 0 Å². The second-order valence-corrected chi connectivity index (χ2v) is 8.12. The monoisotopic (exact) mass is 454 g/mol. The van der Waals surface area contributed by atoms with Gasteiger partial charge in [0.05, 0.1) is 31.1 Å². The molecule has 0 aliphatic rings. The molecule has 32 heavy (non-hydrogen) atoms. The van der Waals surface area contributed by atoms with Gasteiger partial charge in [-0.15, -0.1) is 0 Å². The number of anilines is 1. The summed E-state index contributed by atoms with van der Waals surface area (Å²) in [6, 6.07) is 6.90. The van der Waals surface area contributed by atoms with Gasteiger partial charge >= 0.3 is 0 Å². The second kappa shape index (κ2) is 8.60. The Morgan fingerprint density at radius 1 is 1.38 bits per heavy atom. The van der Waals surface area contributed by atoms with E-state index in [1.807, 2.05) is 6.92 Å². The van der Waals surface area contributed by atoms with Gasteiger partial charge in [-0.1, -0.05) is 18.5 Å². The standard InChI is InChI=1S/C22H23ClN6O3/c1-4-22(2,31)13-28-12-17(19(27-28)15-10-14(23)6-7-18(15)32-3)26-21(30)16-11-25-29-9-5-8-24-20(16)29/h5-12,31H,4,13H2,1-3H3,(H,26,30). The molecule has 166 valence electrons. The number of hydrogen-bond acceptors (Lipinski definition) is 6. The lowest BCUT2D eigenvalue weighted by atomic mass is 10.0. The molecule has 0 fully saturated rings. The Kier molecular flexibility index (Phi) is 5.86. The highest BCUT2D eigenvalue weighted by atomic mass is 35.5. The van der Waals surface area contributed by atoms with E-state index >= 15 is 0 Å². The van der Waals surface area contributed by atoms with Crippen LogP contribution in [0.3, 0.4) is 0 Å². The minimum atomic E-state index is -0.963. The Morgan fingerprint density at radius 3 is 2.94 bits per heavy atom. The maximum absolute atomic E-state index is 13.1. The molecule has 9 nitrogen and oxygen atoms in total. The van der Waals surface area contributed by atoms with Crippen LogP contribution in [0.2, 0.25) is 5.02 Å². The molecular weight excluding hydrogens is 432 g/mol. The molecule has 0 bridgehead atoms. The fourth-order valence-corrected chi connectivity index (χ4v) is 3.47. The smallest absolute Gasteiger partial charge is 0.261 e. The van der Waals surface area contributed by atoms with Crippen LogP contribution < -0.4 is 10.1 Å². The van der Waals surface area contributed by atoms with Crippen LogP contribution in [0.1, 0.15) is 30.6 Å². The Hall–Kier alpha value is -3.43. The fourth-order valence-electron chi connectivity index (χ4n) is 3.30. The summed E-state index contributed by atoms with van der Waals surface area (Å²) >= 11 is 6.23. The zero-order valence-electron chi connectivity index (χ0n) is 17.9. The molecule has 10 heteroatoms. The van der Waals surface area contributed by atoms with E-state index in [4.69, 9.17) is 16.3 Å². The summed E-state index contributed by atoms with van der Waals surface area (Å²) in [5.41, 5.74) is 1.32. The van der Waals surface area contributed by atoms with Crippen molar-refractivity contribution in [2.75, 3.05) is 12.4 Å². The van der Waals surface area contributed by atoms with Crippen LogP contribution in [-0.2, 0) is 6.54 Å². The van der Waals surface area contributed by atoms with Gasteiger partial charge in [0.15, 0.2) is 5.65 Å². The molecule has 1 atom stereocenters. The number of hydrogen-bond donors (Lipinski definition) is 2. The molecule has 3 heterocycles. The van der Waals surface area contributed by atoms with Crippen molar-refractivity contribution < 1.29 is 14.6 Å². The number of ether oxygens (including phenoxy) is 1. The number of carbonyl (C=O) groups is 1. The molecule has 0 radical (unpaired) electrons. The van der Waals surface area contributed by atoms with Crippen molar-refractivity contribution in [2.24, 2.45) is 0 Å². The van der Waals surface area contributed by atoms with Crippen LogP contribution in [0, 0.1) is 0 Å². The van der Waals surface area contributed by atoms with Crippen molar-refractivity contribution in [2.45, 2.75) is 32.4 Å². The van der Waals surface area contributed by atoms with Gasteiger partial charge in [0.1, 0.15) is 17.0 Å². The van der Waals surface area contributed by atoms with Crippen molar-refractivity contribution in [3.63, 3.8) is 0 Å². The highest BCUT2D eigenvalue weighted by Crippen LogP contribution is 2.36. The third-order valence-electron chi connectivity index (χ3n) is 5.21. The molecular formula is C22H23ClN6O3. The lowest BCUT2D eigenvalue weighted by Gasteiger charge is -2.20. The molecule has 2 N–H and O–H groups in total. The quantitative estimate of drug-likeness (QED) is 0.441. The predicted molar refractivity (Wildman–Crippen MR) is 121 cm³/mol. The van der Waals surface area contributed by atoms with Gasteiger partial charge in [0.25, 0.3) is 5.91 Å². The number of nitrogens with one attached hydrogen (secondary N) is 1. The molecule has 0 aliphatic carbocycles. The summed E-state index contributed by atoms with van der Waals surface area (Å²) < 4.78 is 8.61. The number of halogens is 1. The van der Waals surface area contributed by atoms with E-state index < -0.39 is 5.60 Å². The number of amides is 1. The molecule has 3 aromatic heterocycles. The SMILES string of the molecule is CCC(C)(O)Cn1cc(NC(=O)c2cnn3cccnc23)c(-c2cc(Cl)ccc2OC)n1. The first-order valence-corrected chi connectivity index (χ1v) is 10.4. The summed E-state index contributed by atoms with van der Waals surface area (Å²) in [4.78, 5) is 17.3. The Labute approximate surface area is 189 Å². The lowest BCUT2D eigenvalue weighted by molar-refractivity contribution is 0.0346. The van der Waals surface area contributed by atoms with Crippen LogP contribution in [0.25, 0.3) is 16.9 Å². The zero-order chi connectivity index (χ0) is 22.9. The topological polar surface area (TPSA) is 107 Å². The van der Waals surface area contributed by atoms with Gasteiger partial charge in [0.2, 0.25) is 0 Å². The van der Waals surface area contributed by atoms with Crippen LogP contribution >= 0.6 is 11.6 Å². The maximum atomic E-state index is 13.1. The summed E-state index contributed by atoms with van der Waals surface area (Å²) in [7, 11) is 1.55. The van der Waals surface area contributed by atoms with Gasteiger partial charge < -0.3 is 15.2 Å². The van der Waals surface area contributed by atoms with E-state index in [0.717, 1.165) is 0 Å². The molecule has 0 aliphatic heterocycles. The Morgan fingerprint density at radius 2 is 2.19 bits per heavy atom. The first-order valence-electron chi connectivity index (χ1n) is 10.0. The molecule has 1 unspecified atom stereocenters.